The van der Waals surface area contributed by atoms with E-state index in [2.05, 4.69) is 15.5 Å². The zero-order valence-electron chi connectivity index (χ0n) is 6.33. The summed E-state index contributed by atoms with van der Waals surface area (Å²) in [7, 11) is 0. The summed E-state index contributed by atoms with van der Waals surface area (Å²) in [4.78, 5) is 10.7. The molecule has 0 atom stereocenters. The molecule has 1 aromatic heterocycles. The molecule has 1 N–H and O–H groups in total. The lowest BCUT2D eigenvalue weighted by molar-refractivity contribution is -0.118. The minimum absolute atomic E-state index is 0.0275. The van der Waals surface area contributed by atoms with E-state index < -0.39 is 0 Å². The normalized spacial score (nSPS) is 9.42. The van der Waals surface area contributed by atoms with Gasteiger partial charge >= 0.3 is 0 Å². The maximum Gasteiger partial charge on any atom is 0.235 e. The fourth-order valence-corrected chi connectivity index (χ4v) is 0.759. The first-order valence-electron chi connectivity index (χ1n) is 3.42. The molecule has 0 aliphatic rings. The molecule has 0 aliphatic carbocycles. The second kappa shape index (κ2) is 4.66. The first-order chi connectivity index (χ1) is 5.83. The Morgan fingerprint density at radius 1 is 1.67 bits per heavy atom. The van der Waals surface area contributed by atoms with Crippen LogP contribution in [-0.2, 0) is 11.3 Å². The number of amides is 1. The van der Waals surface area contributed by atoms with Crippen molar-refractivity contribution < 1.29 is 4.79 Å². The lowest BCUT2D eigenvalue weighted by atomic mass is 10.4. The predicted octanol–water partition coefficient (Wildman–Crippen LogP) is 0.332. The number of carbonyl (C=O) groups is 1. The zero-order valence-corrected chi connectivity index (χ0v) is 7.08. The van der Waals surface area contributed by atoms with E-state index in [4.69, 9.17) is 11.6 Å². The van der Waals surface area contributed by atoms with Gasteiger partial charge in [-0.15, -0.1) is 11.6 Å². The van der Waals surface area contributed by atoms with Crippen LogP contribution in [0.2, 0.25) is 0 Å². The van der Waals surface area contributed by atoms with Crippen LogP contribution in [0.3, 0.4) is 0 Å². The van der Waals surface area contributed by atoms with Crippen molar-refractivity contribution in [3.05, 3.63) is 24.0 Å². The van der Waals surface area contributed by atoms with Gasteiger partial charge in [-0.05, 0) is 12.1 Å². The van der Waals surface area contributed by atoms with Crippen molar-refractivity contribution in [3.63, 3.8) is 0 Å². The number of alkyl halides is 1. The van der Waals surface area contributed by atoms with Gasteiger partial charge in [0, 0.05) is 6.20 Å². The van der Waals surface area contributed by atoms with E-state index in [1.54, 1.807) is 18.3 Å². The molecule has 1 rings (SSSR count). The Balaban J connectivity index is 2.38. The van der Waals surface area contributed by atoms with E-state index in [0.717, 1.165) is 5.69 Å². The number of hydrogen-bond donors (Lipinski definition) is 1. The van der Waals surface area contributed by atoms with Crippen molar-refractivity contribution in [2.45, 2.75) is 6.54 Å². The van der Waals surface area contributed by atoms with Crippen LogP contribution in [0.25, 0.3) is 0 Å². The van der Waals surface area contributed by atoms with E-state index in [-0.39, 0.29) is 11.8 Å². The van der Waals surface area contributed by atoms with Crippen LogP contribution >= 0.6 is 11.6 Å². The summed E-state index contributed by atoms with van der Waals surface area (Å²) in [6, 6.07) is 3.54. The summed E-state index contributed by atoms with van der Waals surface area (Å²) in [5.74, 6) is -0.234. The van der Waals surface area contributed by atoms with Crippen LogP contribution in [0.5, 0.6) is 0 Å². The smallest absolute Gasteiger partial charge is 0.235 e. The number of carbonyl (C=O) groups excluding carboxylic acids is 1. The van der Waals surface area contributed by atoms with Gasteiger partial charge in [-0.25, -0.2) is 0 Å². The van der Waals surface area contributed by atoms with Gasteiger partial charge in [0.15, 0.2) is 0 Å². The third kappa shape index (κ3) is 2.84. The molecule has 0 saturated carbocycles. The largest absolute Gasteiger partial charge is 0.349 e. The number of hydrogen-bond acceptors (Lipinski definition) is 3. The van der Waals surface area contributed by atoms with Crippen molar-refractivity contribution >= 4 is 17.5 Å². The van der Waals surface area contributed by atoms with Crippen molar-refractivity contribution in [1.82, 2.24) is 15.5 Å². The highest BCUT2D eigenvalue weighted by atomic mass is 35.5. The first-order valence-corrected chi connectivity index (χ1v) is 3.95. The molecule has 0 unspecified atom stereocenters. The standard InChI is InChI=1S/C7H8ClN3O/c8-4-7(12)9-5-6-2-1-3-10-11-6/h1-3H,4-5H2,(H,9,12). The first kappa shape index (κ1) is 8.93. The molecular formula is C7H8ClN3O. The van der Waals surface area contributed by atoms with Gasteiger partial charge in [0.1, 0.15) is 5.88 Å². The molecule has 0 aromatic carbocycles. The molecule has 1 amide bonds. The van der Waals surface area contributed by atoms with Gasteiger partial charge in [-0.1, -0.05) is 0 Å². The van der Waals surface area contributed by atoms with Crippen LogP contribution in [0.15, 0.2) is 18.3 Å². The molecular weight excluding hydrogens is 178 g/mol. The molecule has 0 spiro atoms. The topological polar surface area (TPSA) is 54.9 Å². The maximum atomic E-state index is 10.7. The molecule has 0 bridgehead atoms. The quantitative estimate of drug-likeness (QED) is 0.691. The van der Waals surface area contributed by atoms with Gasteiger partial charge in [0.2, 0.25) is 5.91 Å². The number of halogens is 1. The minimum atomic E-state index is -0.206. The van der Waals surface area contributed by atoms with E-state index in [1.807, 2.05) is 0 Å². The Bertz CT molecular complexity index is 252. The number of nitrogens with zero attached hydrogens (tertiary/aromatic N) is 2. The molecule has 0 saturated heterocycles. The number of rotatable bonds is 3. The SMILES string of the molecule is O=C(CCl)NCc1cccnn1. The van der Waals surface area contributed by atoms with E-state index in [9.17, 15) is 4.79 Å². The lowest BCUT2D eigenvalue weighted by Crippen LogP contribution is -2.24. The molecule has 12 heavy (non-hydrogen) atoms. The van der Waals surface area contributed by atoms with Crippen LogP contribution in [0.1, 0.15) is 5.69 Å². The molecule has 0 radical (unpaired) electrons. The van der Waals surface area contributed by atoms with Gasteiger partial charge in [0.05, 0.1) is 12.2 Å². The molecule has 0 aliphatic heterocycles. The average molecular weight is 186 g/mol. The van der Waals surface area contributed by atoms with Crippen LogP contribution in [0, 0.1) is 0 Å². The Labute approximate surface area is 74.9 Å². The Morgan fingerprint density at radius 3 is 3.08 bits per heavy atom. The molecule has 1 heterocycles. The fraction of sp³-hybridized carbons (Fsp3) is 0.286. The highest BCUT2D eigenvalue weighted by Gasteiger charge is 1.98. The van der Waals surface area contributed by atoms with E-state index in [1.165, 1.54) is 0 Å². The summed E-state index contributed by atoms with van der Waals surface area (Å²) in [6.07, 6.45) is 1.58. The summed E-state index contributed by atoms with van der Waals surface area (Å²) in [5.41, 5.74) is 0.718. The van der Waals surface area contributed by atoms with Crippen LogP contribution < -0.4 is 5.32 Å². The van der Waals surface area contributed by atoms with Crippen molar-refractivity contribution in [2.75, 3.05) is 5.88 Å². The Kier molecular flexibility index (Phi) is 3.47. The highest BCUT2D eigenvalue weighted by Crippen LogP contribution is 1.89. The van der Waals surface area contributed by atoms with Crippen LogP contribution in [0.4, 0.5) is 0 Å². The third-order valence-electron chi connectivity index (χ3n) is 1.22. The summed E-state index contributed by atoms with van der Waals surface area (Å²) < 4.78 is 0. The Morgan fingerprint density at radius 2 is 2.50 bits per heavy atom. The van der Waals surface area contributed by atoms with E-state index >= 15 is 0 Å². The Hall–Kier alpha value is -1.16. The monoisotopic (exact) mass is 185 g/mol. The number of aromatic nitrogens is 2. The minimum Gasteiger partial charge on any atom is -0.349 e. The molecule has 0 fully saturated rings. The lowest BCUT2D eigenvalue weighted by Gasteiger charge is -1.99. The number of nitrogens with one attached hydrogen (secondary N) is 1. The third-order valence-corrected chi connectivity index (χ3v) is 1.46. The van der Waals surface area contributed by atoms with E-state index in [0.29, 0.717) is 6.54 Å². The van der Waals surface area contributed by atoms with Crippen LogP contribution in [-0.4, -0.2) is 22.0 Å². The van der Waals surface area contributed by atoms with Gasteiger partial charge in [-0.3, -0.25) is 4.79 Å². The maximum absolute atomic E-state index is 10.7. The van der Waals surface area contributed by atoms with Gasteiger partial charge in [0.25, 0.3) is 0 Å². The van der Waals surface area contributed by atoms with Crippen molar-refractivity contribution in [1.29, 1.82) is 0 Å². The second-order valence-electron chi connectivity index (χ2n) is 2.13. The molecule has 5 heteroatoms. The highest BCUT2D eigenvalue weighted by molar-refractivity contribution is 6.27. The van der Waals surface area contributed by atoms with Crippen molar-refractivity contribution in [2.24, 2.45) is 0 Å². The van der Waals surface area contributed by atoms with Gasteiger partial charge in [-0.2, -0.15) is 10.2 Å². The predicted molar refractivity (Wildman–Crippen MR) is 44.6 cm³/mol. The van der Waals surface area contributed by atoms with Gasteiger partial charge < -0.3 is 5.32 Å². The average Bonchev–Trinajstić information content (AvgIpc) is 2.16. The molecule has 1 aromatic rings. The second-order valence-corrected chi connectivity index (χ2v) is 2.39. The summed E-state index contributed by atoms with van der Waals surface area (Å²) in [5, 5.41) is 10.0. The molecule has 4 nitrogen and oxygen atoms in total. The van der Waals surface area contributed by atoms with Crippen molar-refractivity contribution in [3.8, 4) is 0 Å². The molecule has 64 valence electrons. The fourth-order valence-electron chi connectivity index (χ4n) is 0.664. The summed E-state index contributed by atoms with van der Waals surface area (Å²) >= 11 is 5.27. The summed E-state index contributed by atoms with van der Waals surface area (Å²) in [6.45, 7) is 0.374. The zero-order chi connectivity index (χ0) is 8.81.